The molecule has 1 heterocycles. The second-order valence-corrected chi connectivity index (χ2v) is 5.39. The number of ether oxygens (including phenoxy) is 3. The van der Waals surface area contributed by atoms with Crippen molar-refractivity contribution < 1.29 is 23.8 Å². The van der Waals surface area contributed by atoms with Crippen LogP contribution in [0.25, 0.3) is 0 Å². The monoisotopic (exact) mass is 290 g/mol. The zero-order valence-electron chi connectivity index (χ0n) is 12.2. The Bertz CT molecular complexity index is 572. The Morgan fingerprint density at radius 2 is 1.76 bits per heavy atom. The molecule has 0 saturated carbocycles. The summed E-state index contributed by atoms with van der Waals surface area (Å²) >= 11 is 0. The van der Waals surface area contributed by atoms with Gasteiger partial charge in [0.15, 0.2) is 0 Å². The van der Waals surface area contributed by atoms with Crippen LogP contribution >= 0.6 is 0 Å². The van der Waals surface area contributed by atoms with Crippen molar-refractivity contribution in [2.45, 2.75) is 19.4 Å². The molecule has 1 atom stereocenters. The first kappa shape index (κ1) is 15.3. The summed E-state index contributed by atoms with van der Waals surface area (Å²) in [5.41, 5.74) is 0.715. The molecule has 0 aliphatic carbocycles. The Kier molecular flexibility index (Phi) is 4.43. The zero-order chi connectivity index (χ0) is 15.5. The van der Waals surface area contributed by atoms with E-state index < -0.39 is 11.9 Å². The quantitative estimate of drug-likeness (QED) is 0.457. The SMILES string of the molecule is C=C(C)COC(=O)c1ccccc1C(=O)OC[C@@]1(C)CO1. The molecule has 1 aliphatic rings. The molecule has 0 amide bonds. The zero-order valence-corrected chi connectivity index (χ0v) is 12.2. The highest BCUT2D eigenvalue weighted by Crippen LogP contribution is 2.26. The van der Waals surface area contributed by atoms with Crippen molar-refractivity contribution in [3.8, 4) is 0 Å². The van der Waals surface area contributed by atoms with Gasteiger partial charge in [0.1, 0.15) is 18.8 Å². The number of benzene rings is 1. The normalized spacial score (nSPS) is 19.7. The molecule has 1 aromatic rings. The number of hydrogen-bond acceptors (Lipinski definition) is 5. The smallest absolute Gasteiger partial charge is 0.339 e. The number of carbonyl (C=O) groups excluding carboxylic acids is 2. The van der Waals surface area contributed by atoms with Gasteiger partial charge in [-0.2, -0.15) is 0 Å². The van der Waals surface area contributed by atoms with E-state index in [0.717, 1.165) is 5.57 Å². The summed E-state index contributed by atoms with van der Waals surface area (Å²) < 4.78 is 15.4. The van der Waals surface area contributed by atoms with Gasteiger partial charge in [0.05, 0.1) is 17.7 Å². The third kappa shape index (κ3) is 4.16. The minimum atomic E-state index is -0.570. The van der Waals surface area contributed by atoms with E-state index in [1.165, 1.54) is 12.1 Å². The van der Waals surface area contributed by atoms with E-state index in [-0.39, 0.29) is 29.9 Å². The van der Waals surface area contributed by atoms with Gasteiger partial charge >= 0.3 is 11.9 Å². The maximum atomic E-state index is 12.1. The largest absolute Gasteiger partial charge is 0.459 e. The van der Waals surface area contributed by atoms with Crippen molar-refractivity contribution in [3.63, 3.8) is 0 Å². The van der Waals surface area contributed by atoms with E-state index in [2.05, 4.69) is 6.58 Å². The van der Waals surface area contributed by atoms with Gasteiger partial charge in [-0.25, -0.2) is 9.59 Å². The third-order valence-electron chi connectivity index (χ3n) is 2.96. The van der Waals surface area contributed by atoms with Crippen molar-refractivity contribution >= 4 is 11.9 Å². The van der Waals surface area contributed by atoms with Crippen LogP contribution in [0, 0.1) is 0 Å². The third-order valence-corrected chi connectivity index (χ3v) is 2.96. The molecule has 5 heteroatoms. The summed E-state index contributed by atoms with van der Waals surface area (Å²) in [5.74, 6) is -1.13. The van der Waals surface area contributed by atoms with E-state index in [0.29, 0.717) is 6.61 Å². The maximum Gasteiger partial charge on any atom is 0.339 e. The summed E-state index contributed by atoms with van der Waals surface area (Å²) in [5, 5.41) is 0. The highest BCUT2D eigenvalue weighted by Gasteiger charge is 2.41. The lowest BCUT2D eigenvalue weighted by atomic mass is 10.1. The van der Waals surface area contributed by atoms with E-state index in [9.17, 15) is 9.59 Å². The molecular formula is C16H18O5. The maximum absolute atomic E-state index is 12.1. The van der Waals surface area contributed by atoms with Gasteiger partial charge in [-0.1, -0.05) is 18.7 Å². The molecule has 0 aromatic heterocycles. The van der Waals surface area contributed by atoms with Crippen molar-refractivity contribution in [2.24, 2.45) is 0 Å². The molecule has 0 bridgehead atoms. The topological polar surface area (TPSA) is 65.1 Å². The van der Waals surface area contributed by atoms with Crippen LogP contribution < -0.4 is 0 Å². The molecule has 5 nitrogen and oxygen atoms in total. The van der Waals surface area contributed by atoms with Crippen LogP contribution in [-0.4, -0.2) is 37.4 Å². The van der Waals surface area contributed by atoms with Crippen LogP contribution in [-0.2, 0) is 14.2 Å². The fourth-order valence-electron chi connectivity index (χ4n) is 1.61. The second kappa shape index (κ2) is 6.10. The van der Waals surface area contributed by atoms with Crippen molar-refractivity contribution in [1.29, 1.82) is 0 Å². The van der Waals surface area contributed by atoms with Gasteiger partial charge in [0, 0.05) is 0 Å². The van der Waals surface area contributed by atoms with E-state index in [1.807, 2.05) is 6.92 Å². The lowest BCUT2D eigenvalue weighted by molar-refractivity contribution is 0.0396. The lowest BCUT2D eigenvalue weighted by Crippen LogP contribution is -2.20. The van der Waals surface area contributed by atoms with Crippen molar-refractivity contribution in [1.82, 2.24) is 0 Å². The molecule has 2 rings (SSSR count). The van der Waals surface area contributed by atoms with Gasteiger partial charge in [0.25, 0.3) is 0 Å². The Balaban J connectivity index is 2.06. The van der Waals surface area contributed by atoms with Gasteiger partial charge in [0.2, 0.25) is 0 Å². The van der Waals surface area contributed by atoms with E-state index >= 15 is 0 Å². The molecule has 0 N–H and O–H groups in total. The molecular weight excluding hydrogens is 272 g/mol. The predicted octanol–water partition coefficient (Wildman–Crippen LogP) is 2.37. The molecule has 112 valence electrons. The number of rotatable bonds is 6. The summed E-state index contributed by atoms with van der Waals surface area (Å²) in [6, 6.07) is 6.41. The van der Waals surface area contributed by atoms with Gasteiger partial charge in [-0.15, -0.1) is 0 Å². The molecule has 0 unspecified atom stereocenters. The highest BCUT2D eigenvalue weighted by atomic mass is 16.6. The molecule has 0 spiro atoms. The average Bonchev–Trinajstić information content (AvgIpc) is 3.20. The summed E-state index contributed by atoms with van der Waals surface area (Å²) in [4.78, 5) is 24.1. The van der Waals surface area contributed by atoms with Crippen LogP contribution in [0.4, 0.5) is 0 Å². The van der Waals surface area contributed by atoms with Crippen LogP contribution in [0.1, 0.15) is 34.6 Å². The molecule has 1 fully saturated rings. The van der Waals surface area contributed by atoms with Gasteiger partial charge in [-0.05, 0) is 31.6 Å². The van der Waals surface area contributed by atoms with Crippen molar-refractivity contribution in [2.75, 3.05) is 19.8 Å². The minimum absolute atomic E-state index is 0.119. The van der Waals surface area contributed by atoms with E-state index in [4.69, 9.17) is 14.2 Å². The average molecular weight is 290 g/mol. The Morgan fingerprint density at radius 3 is 2.24 bits per heavy atom. The summed E-state index contributed by atoms with van der Waals surface area (Å²) in [6.07, 6.45) is 0. The minimum Gasteiger partial charge on any atom is -0.459 e. The van der Waals surface area contributed by atoms with Gasteiger partial charge in [-0.3, -0.25) is 0 Å². The van der Waals surface area contributed by atoms with Crippen LogP contribution in [0.3, 0.4) is 0 Å². The van der Waals surface area contributed by atoms with Crippen LogP contribution in [0.15, 0.2) is 36.4 Å². The summed E-state index contributed by atoms with van der Waals surface area (Å²) in [6.45, 7) is 8.13. The first-order chi connectivity index (χ1) is 9.91. The van der Waals surface area contributed by atoms with Crippen molar-refractivity contribution in [3.05, 3.63) is 47.5 Å². The highest BCUT2D eigenvalue weighted by molar-refractivity contribution is 6.03. The molecule has 0 radical (unpaired) electrons. The Morgan fingerprint density at radius 1 is 1.24 bits per heavy atom. The Hall–Kier alpha value is -2.14. The van der Waals surface area contributed by atoms with Crippen LogP contribution in [0.5, 0.6) is 0 Å². The lowest BCUT2D eigenvalue weighted by Gasteiger charge is -2.11. The number of hydrogen-bond donors (Lipinski definition) is 0. The first-order valence-corrected chi connectivity index (χ1v) is 6.63. The van der Waals surface area contributed by atoms with E-state index in [1.54, 1.807) is 19.1 Å². The number of epoxide rings is 1. The molecule has 1 aromatic carbocycles. The molecule has 21 heavy (non-hydrogen) atoms. The fraction of sp³-hybridized carbons (Fsp3) is 0.375. The molecule has 1 saturated heterocycles. The standard InChI is InChI=1S/C16H18O5/c1-11(2)8-19-14(17)12-6-4-5-7-13(12)15(18)20-9-16(3)10-21-16/h4-7H,1,8-10H2,2-3H3/t16-/m0/s1. The fourth-order valence-corrected chi connectivity index (χ4v) is 1.61. The number of esters is 2. The second-order valence-electron chi connectivity index (χ2n) is 5.39. The number of carbonyl (C=O) groups is 2. The summed E-state index contributed by atoms with van der Waals surface area (Å²) in [7, 11) is 0. The Labute approximate surface area is 123 Å². The first-order valence-electron chi connectivity index (χ1n) is 6.63. The molecule has 1 aliphatic heterocycles. The van der Waals surface area contributed by atoms with Gasteiger partial charge < -0.3 is 14.2 Å². The van der Waals surface area contributed by atoms with Crippen LogP contribution in [0.2, 0.25) is 0 Å². The predicted molar refractivity (Wildman–Crippen MR) is 76.2 cm³/mol.